The predicted molar refractivity (Wildman–Crippen MR) is 107 cm³/mol. The van der Waals surface area contributed by atoms with Crippen molar-refractivity contribution in [3.63, 3.8) is 0 Å². The molecule has 0 bridgehead atoms. The molecule has 1 aliphatic heterocycles. The molecule has 1 saturated carbocycles. The van der Waals surface area contributed by atoms with Gasteiger partial charge in [0.1, 0.15) is 10.6 Å². The topological polar surface area (TPSA) is 84.4 Å². The first-order chi connectivity index (χ1) is 13.5. The van der Waals surface area contributed by atoms with E-state index < -0.39 is 10.0 Å². The molecule has 0 atom stereocenters. The fraction of sp³-hybridized carbons (Fsp3) is 0.500. The van der Waals surface area contributed by atoms with Crippen LogP contribution in [0.4, 0.5) is 5.69 Å². The van der Waals surface area contributed by atoms with Crippen LogP contribution >= 0.6 is 0 Å². The number of nitrogens with zero attached hydrogens (tertiary/aromatic N) is 3. The van der Waals surface area contributed by atoms with E-state index in [1.807, 2.05) is 12.1 Å². The van der Waals surface area contributed by atoms with Gasteiger partial charge in [0.05, 0.1) is 7.11 Å². The third kappa shape index (κ3) is 3.84. The second kappa shape index (κ2) is 7.67. The Morgan fingerprint density at radius 1 is 1.21 bits per heavy atom. The van der Waals surface area contributed by atoms with Gasteiger partial charge in [0.15, 0.2) is 0 Å². The van der Waals surface area contributed by atoms with Crippen LogP contribution in [0, 0.1) is 0 Å². The molecule has 2 aliphatic rings. The van der Waals surface area contributed by atoms with E-state index in [9.17, 15) is 8.42 Å². The molecule has 1 aliphatic carbocycles. The van der Waals surface area contributed by atoms with E-state index in [1.54, 1.807) is 6.07 Å². The van der Waals surface area contributed by atoms with E-state index in [0.717, 1.165) is 55.7 Å². The van der Waals surface area contributed by atoms with Gasteiger partial charge in [-0.1, -0.05) is 6.42 Å². The summed E-state index contributed by atoms with van der Waals surface area (Å²) >= 11 is 0. The normalized spacial score (nSPS) is 18.1. The molecule has 150 valence electrons. The lowest BCUT2D eigenvalue weighted by Gasteiger charge is -2.24. The molecule has 0 unspecified atom stereocenters. The second-order valence-electron chi connectivity index (χ2n) is 7.61. The molecule has 1 fully saturated rings. The number of anilines is 1. The van der Waals surface area contributed by atoms with Crippen molar-refractivity contribution in [3.8, 4) is 5.88 Å². The second-order valence-corrected chi connectivity index (χ2v) is 9.29. The van der Waals surface area contributed by atoms with Crippen LogP contribution < -0.4 is 9.46 Å². The molecule has 0 saturated heterocycles. The number of sulfonamides is 1. The molecule has 1 N–H and O–H groups in total. The molecule has 7 nitrogen and oxygen atoms in total. The lowest BCUT2D eigenvalue weighted by atomic mass is 9.83. The lowest BCUT2D eigenvalue weighted by Crippen LogP contribution is -2.20. The molecule has 0 amide bonds. The summed E-state index contributed by atoms with van der Waals surface area (Å²) < 4.78 is 33.8. The number of aromatic nitrogens is 2. The van der Waals surface area contributed by atoms with Gasteiger partial charge in [-0.25, -0.2) is 13.4 Å². The van der Waals surface area contributed by atoms with Crippen LogP contribution in [0.1, 0.15) is 42.1 Å². The number of ether oxygens (including phenoxy) is 1. The van der Waals surface area contributed by atoms with E-state index in [-0.39, 0.29) is 4.90 Å². The number of pyridine rings is 2. The predicted octanol–water partition coefficient (Wildman–Crippen LogP) is 2.58. The minimum atomic E-state index is -3.77. The van der Waals surface area contributed by atoms with Crippen LogP contribution in [0.15, 0.2) is 29.3 Å². The molecule has 0 spiro atoms. The molecule has 8 heteroatoms. The molecular formula is C20H26N4O3S. The highest BCUT2D eigenvalue weighted by atomic mass is 32.2. The SMILES string of the molecule is COc1nc2c(cc1NS(=O)(=O)c1ccc(C3CCC3)nc1)CCN(C)CC2. The monoisotopic (exact) mass is 402 g/mol. The lowest BCUT2D eigenvalue weighted by molar-refractivity contribution is 0.351. The molecule has 2 aromatic rings. The summed E-state index contributed by atoms with van der Waals surface area (Å²) in [7, 11) is -0.186. The Morgan fingerprint density at radius 2 is 2.00 bits per heavy atom. The number of nitrogens with one attached hydrogen (secondary N) is 1. The summed E-state index contributed by atoms with van der Waals surface area (Å²) in [5.41, 5.74) is 3.37. The molecule has 4 rings (SSSR count). The van der Waals surface area contributed by atoms with Crippen LogP contribution in [0.5, 0.6) is 5.88 Å². The van der Waals surface area contributed by atoms with Crippen LogP contribution in [-0.2, 0) is 22.9 Å². The summed E-state index contributed by atoms with van der Waals surface area (Å²) in [6, 6.07) is 5.30. The van der Waals surface area contributed by atoms with Crippen molar-refractivity contribution in [2.24, 2.45) is 0 Å². The molecule has 28 heavy (non-hydrogen) atoms. The minimum Gasteiger partial charge on any atom is -0.479 e. The zero-order valence-corrected chi connectivity index (χ0v) is 17.1. The maximum Gasteiger partial charge on any atom is 0.263 e. The van der Waals surface area contributed by atoms with Crippen molar-refractivity contribution in [1.29, 1.82) is 0 Å². The summed E-state index contributed by atoms with van der Waals surface area (Å²) in [5.74, 6) is 0.766. The first-order valence-corrected chi connectivity index (χ1v) is 11.2. The van der Waals surface area contributed by atoms with Crippen LogP contribution in [0.25, 0.3) is 0 Å². The summed E-state index contributed by atoms with van der Waals surface area (Å²) in [4.78, 5) is 11.3. The van der Waals surface area contributed by atoms with Gasteiger partial charge in [0, 0.05) is 43.0 Å². The zero-order valence-electron chi connectivity index (χ0n) is 16.3. The van der Waals surface area contributed by atoms with Gasteiger partial charge < -0.3 is 9.64 Å². The number of rotatable bonds is 5. The Kier molecular flexibility index (Phi) is 5.25. The molecule has 0 aromatic carbocycles. The third-order valence-corrected chi connectivity index (χ3v) is 7.03. The summed E-state index contributed by atoms with van der Waals surface area (Å²) in [6.07, 6.45) is 6.56. The number of fused-ring (bicyclic) bond motifs is 1. The highest BCUT2D eigenvalue weighted by molar-refractivity contribution is 7.92. The Labute approximate surface area is 166 Å². The van der Waals surface area contributed by atoms with E-state index >= 15 is 0 Å². The van der Waals surface area contributed by atoms with Crippen LogP contribution in [0.2, 0.25) is 0 Å². The highest BCUT2D eigenvalue weighted by Crippen LogP contribution is 2.35. The van der Waals surface area contributed by atoms with Crippen molar-refractivity contribution in [2.75, 3.05) is 32.0 Å². The highest BCUT2D eigenvalue weighted by Gasteiger charge is 2.24. The number of hydrogen-bond donors (Lipinski definition) is 1. The van der Waals surface area contributed by atoms with Gasteiger partial charge in [-0.3, -0.25) is 9.71 Å². The van der Waals surface area contributed by atoms with E-state index in [4.69, 9.17) is 4.74 Å². The quantitative estimate of drug-likeness (QED) is 0.828. The van der Waals surface area contributed by atoms with Crippen LogP contribution in [0.3, 0.4) is 0 Å². The first kappa shape index (κ1) is 19.1. The largest absolute Gasteiger partial charge is 0.479 e. The maximum absolute atomic E-state index is 12.9. The Morgan fingerprint density at radius 3 is 2.64 bits per heavy atom. The average molecular weight is 403 g/mol. The molecule has 2 aromatic heterocycles. The fourth-order valence-electron chi connectivity index (χ4n) is 3.66. The third-order valence-electron chi connectivity index (χ3n) is 5.68. The Bertz CT molecular complexity index is 956. The Hall–Kier alpha value is -2.19. The van der Waals surface area contributed by atoms with Gasteiger partial charge in [0.2, 0.25) is 5.88 Å². The van der Waals surface area contributed by atoms with E-state index in [2.05, 4.69) is 26.6 Å². The maximum atomic E-state index is 12.9. The van der Waals surface area contributed by atoms with Crippen molar-refractivity contribution in [2.45, 2.75) is 42.9 Å². The average Bonchev–Trinajstić information content (AvgIpc) is 2.81. The summed E-state index contributed by atoms with van der Waals surface area (Å²) in [6.45, 7) is 1.84. The zero-order chi connectivity index (χ0) is 19.7. The molecular weight excluding hydrogens is 376 g/mol. The van der Waals surface area contributed by atoms with E-state index in [1.165, 1.54) is 19.7 Å². The molecule has 3 heterocycles. The standard InChI is InChI=1S/C20H26N4O3S/c1-24-10-8-15-12-19(20(27-2)22-18(15)9-11-24)23-28(25,26)16-6-7-17(21-13-16)14-4-3-5-14/h6-7,12-14,23H,3-5,8-11H2,1-2H3. The van der Waals surface area contributed by atoms with Gasteiger partial charge in [-0.15, -0.1) is 0 Å². The van der Waals surface area contributed by atoms with Crippen LogP contribution in [-0.4, -0.2) is 50.5 Å². The smallest absolute Gasteiger partial charge is 0.263 e. The Balaban J connectivity index is 1.60. The first-order valence-electron chi connectivity index (χ1n) is 9.70. The van der Waals surface area contributed by atoms with Gasteiger partial charge >= 0.3 is 0 Å². The number of likely N-dealkylation sites (N-methyl/N-ethyl adjacent to an activating group) is 1. The van der Waals surface area contributed by atoms with Gasteiger partial charge in [-0.2, -0.15) is 0 Å². The van der Waals surface area contributed by atoms with Crippen molar-refractivity contribution in [1.82, 2.24) is 14.9 Å². The number of hydrogen-bond acceptors (Lipinski definition) is 6. The van der Waals surface area contributed by atoms with Gasteiger partial charge in [0.25, 0.3) is 10.0 Å². The van der Waals surface area contributed by atoms with Crippen molar-refractivity contribution < 1.29 is 13.2 Å². The van der Waals surface area contributed by atoms with Crippen molar-refractivity contribution >= 4 is 15.7 Å². The summed E-state index contributed by atoms with van der Waals surface area (Å²) in [5, 5.41) is 0. The minimum absolute atomic E-state index is 0.146. The van der Waals surface area contributed by atoms with Crippen molar-refractivity contribution in [3.05, 3.63) is 41.3 Å². The number of methoxy groups -OCH3 is 1. The van der Waals surface area contributed by atoms with Gasteiger partial charge in [-0.05, 0) is 50.1 Å². The van der Waals surface area contributed by atoms with E-state index in [0.29, 0.717) is 17.5 Å². The molecule has 0 radical (unpaired) electrons. The fourth-order valence-corrected chi connectivity index (χ4v) is 4.65.